The van der Waals surface area contributed by atoms with Gasteiger partial charge in [-0.2, -0.15) is 0 Å². The van der Waals surface area contributed by atoms with Gasteiger partial charge in [-0.25, -0.2) is 4.39 Å². The lowest BCUT2D eigenvalue weighted by molar-refractivity contribution is -0.598. The third kappa shape index (κ3) is 3.78. The van der Waals surface area contributed by atoms with Crippen LogP contribution in [0.15, 0.2) is 42.5 Å². The van der Waals surface area contributed by atoms with Gasteiger partial charge in [0.05, 0.1) is 0 Å². The van der Waals surface area contributed by atoms with Crippen molar-refractivity contribution in [2.75, 3.05) is 0 Å². The van der Waals surface area contributed by atoms with Gasteiger partial charge in [0, 0.05) is 11.6 Å². The summed E-state index contributed by atoms with van der Waals surface area (Å²) in [6.07, 6.45) is 0. The molecule has 2 aromatic rings. The van der Waals surface area contributed by atoms with Gasteiger partial charge >= 0.3 is 21.2 Å². The summed E-state index contributed by atoms with van der Waals surface area (Å²) in [7, 11) is 0. The Labute approximate surface area is 125 Å². The van der Waals surface area contributed by atoms with Gasteiger partial charge in [-0.05, 0) is 36.1 Å². The standard InChI is InChI=1S/C17H19FI/c1-12-5-8-14(18)11-16(12)19-15-9-6-13(7-10-15)17(2,3)4/h5-11H,1-4H3/q+1. The third-order valence-electron chi connectivity index (χ3n) is 3.06. The Balaban J connectivity index is 2.22. The van der Waals surface area contributed by atoms with E-state index in [2.05, 4.69) is 52.0 Å². The molecule has 0 unspecified atom stereocenters. The van der Waals surface area contributed by atoms with Crippen LogP contribution in [-0.4, -0.2) is 0 Å². The Morgan fingerprint density at radius 3 is 2.16 bits per heavy atom. The third-order valence-corrected chi connectivity index (χ3v) is 6.14. The van der Waals surface area contributed by atoms with Crippen molar-refractivity contribution in [2.45, 2.75) is 33.1 Å². The summed E-state index contributed by atoms with van der Waals surface area (Å²) >= 11 is -0.299. The van der Waals surface area contributed by atoms with Gasteiger partial charge in [0.25, 0.3) is 0 Å². The van der Waals surface area contributed by atoms with E-state index in [-0.39, 0.29) is 32.4 Å². The maximum Gasteiger partial charge on any atom is 0.358 e. The first-order chi connectivity index (χ1) is 8.86. The molecule has 0 aromatic heterocycles. The molecular formula is C17H19FI+. The number of halogens is 2. The van der Waals surface area contributed by atoms with Gasteiger partial charge < -0.3 is 0 Å². The monoisotopic (exact) mass is 369 g/mol. The van der Waals surface area contributed by atoms with Crippen LogP contribution in [0, 0.1) is 19.9 Å². The molecule has 0 heterocycles. The van der Waals surface area contributed by atoms with Crippen LogP contribution in [0.2, 0.25) is 0 Å². The highest BCUT2D eigenvalue weighted by Gasteiger charge is 2.20. The van der Waals surface area contributed by atoms with Crippen molar-refractivity contribution >= 4 is 0 Å². The lowest BCUT2D eigenvalue weighted by Crippen LogP contribution is -3.61. The highest BCUT2D eigenvalue weighted by Crippen LogP contribution is 2.20. The molecule has 0 aliphatic carbocycles. The number of benzene rings is 2. The molecule has 0 atom stereocenters. The van der Waals surface area contributed by atoms with Gasteiger partial charge in [-0.3, -0.25) is 0 Å². The number of aryl methyl sites for hydroxylation is 1. The van der Waals surface area contributed by atoms with Crippen molar-refractivity contribution < 1.29 is 25.6 Å². The molecule has 0 fully saturated rings. The van der Waals surface area contributed by atoms with Gasteiger partial charge in [0.1, 0.15) is 5.82 Å². The van der Waals surface area contributed by atoms with Crippen molar-refractivity contribution in [1.82, 2.24) is 0 Å². The highest BCUT2D eigenvalue weighted by atomic mass is 127. The lowest BCUT2D eigenvalue weighted by Gasteiger charge is -2.18. The van der Waals surface area contributed by atoms with Crippen molar-refractivity contribution in [3.8, 4) is 0 Å². The van der Waals surface area contributed by atoms with Crippen LogP contribution in [0.3, 0.4) is 0 Å². The van der Waals surface area contributed by atoms with E-state index in [1.807, 2.05) is 6.07 Å². The first-order valence-corrected chi connectivity index (χ1v) is 8.53. The van der Waals surface area contributed by atoms with Crippen LogP contribution in [0.5, 0.6) is 0 Å². The fraction of sp³-hybridized carbons (Fsp3) is 0.294. The maximum atomic E-state index is 13.3. The number of hydrogen-bond donors (Lipinski definition) is 0. The van der Waals surface area contributed by atoms with Crippen molar-refractivity contribution in [3.05, 3.63) is 66.5 Å². The zero-order chi connectivity index (χ0) is 14.0. The quantitative estimate of drug-likeness (QED) is 0.705. The summed E-state index contributed by atoms with van der Waals surface area (Å²) in [4.78, 5) is 0. The van der Waals surface area contributed by atoms with Gasteiger partial charge in [-0.1, -0.05) is 39.0 Å². The minimum absolute atomic E-state index is 0.133. The van der Waals surface area contributed by atoms with Crippen molar-refractivity contribution in [1.29, 1.82) is 0 Å². The predicted molar refractivity (Wildman–Crippen MR) is 73.7 cm³/mol. The van der Waals surface area contributed by atoms with E-state index in [1.54, 1.807) is 6.07 Å². The first-order valence-electron chi connectivity index (χ1n) is 6.38. The normalized spacial score (nSPS) is 11.6. The summed E-state index contributed by atoms with van der Waals surface area (Å²) in [5, 5.41) is 0. The molecule has 0 amide bonds. The summed E-state index contributed by atoms with van der Waals surface area (Å²) in [6.45, 7) is 8.70. The first kappa shape index (κ1) is 14.5. The molecule has 100 valence electrons. The van der Waals surface area contributed by atoms with Gasteiger partial charge in [0.2, 0.25) is 0 Å². The molecule has 0 bridgehead atoms. The fourth-order valence-electron chi connectivity index (χ4n) is 1.80. The van der Waals surface area contributed by atoms with E-state index >= 15 is 0 Å². The van der Waals surface area contributed by atoms with Crippen LogP contribution in [0.25, 0.3) is 0 Å². The summed E-state index contributed by atoms with van der Waals surface area (Å²) in [5.74, 6) is -0.133. The Kier molecular flexibility index (Phi) is 4.29. The van der Waals surface area contributed by atoms with Crippen molar-refractivity contribution in [2.24, 2.45) is 0 Å². The largest absolute Gasteiger partial charge is 0.358 e. The molecule has 0 saturated carbocycles. The summed E-state index contributed by atoms with van der Waals surface area (Å²) < 4.78 is 15.8. The van der Waals surface area contributed by atoms with E-state index in [4.69, 9.17) is 0 Å². The molecular weight excluding hydrogens is 350 g/mol. The Morgan fingerprint density at radius 2 is 1.58 bits per heavy atom. The Morgan fingerprint density at radius 1 is 0.947 bits per heavy atom. The Bertz CT molecular complexity index is 565. The average molecular weight is 369 g/mol. The molecule has 0 spiro atoms. The second-order valence-electron chi connectivity index (χ2n) is 5.74. The molecule has 2 aromatic carbocycles. The lowest BCUT2D eigenvalue weighted by atomic mass is 9.87. The van der Waals surface area contributed by atoms with Crippen LogP contribution >= 0.6 is 0 Å². The van der Waals surface area contributed by atoms with Gasteiger partial charge in [0.15, 0.2) is 7.14 Å². The van der Waals surface area contributed by atoms with E-state index < -0.39 is 0 Å². The minimum Gasteiger partial charge on any atom is -0.207 e. The van der Waals surface area contributed by atoms with E-state index in [0.29, 0.717) is 0 Å². The Hall–Kier alpha value is -0.900. The molecule has 19 heavy (non-hydrogen) atoms. The second-order valence-corrected chi connectivity index (χ2v) is 8.69. The molecule has 0 nitrogen and oxygen atoms in total. The van der Waals surface area contributed by atoms with Crippen LogP contribution in [-0.2, 0) is 5.41 Å². The predicted octanol–water partition coefficient (Wildman–Crippen LogP) is 1.56. The number of hydrogen-bond acceptors (Lipinski definition) is 0. The smallest absolute Gasteiger partial charge is 0.207 e. The van der Waals surface area contributed by atoms with Crippen LogP contribution < -0.4 is 21.2 Å². The average Bonchev–Trinajstić information content (AvgIpc) is 2.33. The van der Waals surface area contributed by atoms with Gasteiger partial charge in [-0.15, -0.1) is 0 Å². The molecule has 2 heteroatoms. The minimum atomic E-state index is -0.299. The van der Waals surface area contributed by atoms with E-state index in [9.17, 15) is 4.39 Å². The van der Waals surface area contributed by atoms with Crippen molar-refractivity contribution in [3.63, 3.8) is 0 Å². The molecule has 0 aliphatic heterocycles. The molecule has 0 saturated heterocycles. The fourth-order valence-corrected chi connectivity index (χ4v) is 4.25. The zero-order valence-electron chi connectivity index (χ0n) is 11.8. The molecule has 0 N–H and O–H groups in total. The molecule has 2 rings (SSSR count). The maximum absolute atomic E-state index is 13.3. The summed E-state index contributed by atoms with van der Waals surface area (Å²) in [5.41, 5.74) is 2.72. The SMILES string of the molecule is Cc1ccc(F)cc1[I+]c1ccc(C(C)(C)C)cc1. The zero-order valence-corrected chi connectivity index (χ0v) is 14.0. The van der Waals surface area contributed by atoms with Crippen LogP contribution in [0.1, 0.15) is 31.9 Å². The topological polar surface area (TPSA) is 0 Å². The van der Waals surface area contributed by atoms with E-state index in [1.165, 1.54) is 24.3 Å². The molecule has 0 aliphatic rings. The van der Waals surface area contributed by atoms with E-state index in [0.717, 1.165) is 0 Å². The van der Waals surface area contributed by atoms with Crippen LogP contribution in [0.4, 0.5) is 4.39 Å². The highest BCUT2D eigenvalue weighted by molar-refractivity contribution is 5.22. The second kappa shape index (κ2) is 5.61. The summed E-state index contributed by atoms with van der Waals surface area (Å²) in [6, 6.07) is 13.9. The number of rotatable bonds is 2. The molecule has 0 radical (unpaired) electrons.